The third-order valence-corrected chi connectivity index (χ3v) is 3.51. The Balaban J connectivity index is 2.06. The number of carbonyl (C=O) groups is 2. The van der Waals surface area contributed by atoms with Crippen LogP contribution in [0.25, 0.3) is 0 Å². The maximum Gasteiger partial charge on any atom is 0.261 e. The smallest absolute Gasteiger partial charge is 0.261 e. The van der Waals surface area contributed by atoms with E-state index >= 15 is 0 Å². The number of amides is 2. The Bertz CT molecular complexity index is 515. The Hall–Kier alpha value is -1.20. The van der Waals surface area contributed by atoms with Crippen molar-refractivity contribution in [2.45, 2.75) is 18.5 Å². The van der Waals surface area contributed by atoms with Crippen molar-refractivity contribution in [3.8, 4) is 0 Å². The average molecular weight is 281 g/mol. The normalized spacial score (nSPS) is 27.2. The molecular weight excluding hydrogens is 272 g/mol. The van der Waals surface area contributed by atoms with Gasteiger partial charge in [-0.1, -0.05) is 15.9 Å². The molecular formula is C11H9BrN2O2. The molecule has 0 spiro atoms. The third kappa shape index (κ3) is 1.25. The van der Waals surface area contributed by atoms with Gasteiger partial charge in [-0.3, -0.25) is 14.5 Å². The Kier molecular flexibility index (Phi) is 1.96. The molecule has 1 heterocycles. The second-order valence-electron chi connectivity index (χ2n) is 4.14. The lowest BCUT2D eigenvalue weighted by molar-refractivity contribution is 0.0639. The number of fused-ring (bicyclic) bond motifs is 1. The zero-order valence-corrected chi connectivity index (χ0v) is 9.90. The molecule has 4 nitrogen and oxygen atoms in total. The van der Waals surface area contributed by atoms with Gasteiger partial charge < -0.3 is 5.73 Å². The van der Waals surface area contributed by atoms with E-state index < -0.39 is 0 Å². The lowest BCUT2D eigenvalue weighted by atomic mass is 10.1. The molecule has 0 saturated heterocycles. The zero-order chi connectivity index (χ0) is 11.4. The van der Waals surface area contributed by atoms with Crippen LogP contribution in [0.3, 0.4) is 0 Å². The second kappa shape index (κ2) is 3.15. The van der Waals surface area contributed by atoms with Crippen molar-refractivity contribution in [1.29, 1.82) is 0 Å². The number of carbonyl (C=O) groups excluding carboxylic acids is 2. The highest BCUT2D eigenvalue weighted by molar-refractivity contribution is 9.10. The fourth-order valence-corrected chi connectivity index (χ4v) is 2.39. The predicted molar refractivity (Wildman–Crippen MR) is 61.0 cm³/mol. The molecule has 82 valence electrons. The minimum absolute atomic E-state index is 0.0503. The number of nitrogens with two attached hydrogens (primary N) is 1. The topological polar surface area (TPSA) is 63.4 Å². The van der Waals surface area contributed by atoms with Crippen molar-refractivity contribution in [2.75, 3.05) is 0 Å². The van der Waals surface area contributed by atoms with Gasteiger partial charge in [0.05, 0.1) is 17.2 Å². The van der Waals surface area contributed by atoms with Crippen molar-refractivity contribution in [3.63, 3.8) is 0 Å². The van der Waals surface area contributed by atoms with Gasteiger partial charge in [-0.25, -0.2) is 0 Å². The van der Waals surface area contributed by atoms with E-state index in [1.807, 2.05) is 0 Å². The van der Waals surface area contributed by atoms with E-state index in [2.05, 4.69) is 15.9 Å². The summed E-state index contributed by atoms with van der Waals surface area (Å²) in [7, 11) is 0. The maximum absolute atomic E-state index is 12.0. The summed E-state index contributed by atoms with van der Waals surface area (Å²) < 4.78 is 0.800. The van der Waals surface area contributed by atoms with E-state index in [9.17, 15) is 9.59 Å². The second-order valence-corrected chi connectivity index (χ2v) is 5.05. The number of benzene rings is 1. The molecule has 2 unspecified atom stereocenters. The van der Waals surface area contributed by atoms with Gasteiger partial charge in [-0.05, 0) is 24.6 Å². The molecule has 3 rings (SSSR count). The first-order valence-electron chi connectivity index (χ1n) is 5.02. The summed E-state index contributed by atoms with van der Waals surface area (Å²) in [4.78, 5) is 25.3. The Morgan fingerprint density at radius 1 is 1.25 bits per heavy atom. The van der Waals surface area contributed by atoms with Gasteiger partial charge in [0.1, 0.15) is 0 Å². The highest BCUT2D eigenvalue weighted by atomic mass is 79.9. The third-order valence-electron chi connectivity index (χ3n) is 3.02. The van der Waals surface area contributed by atoms with Crippen molar-refractivity contribution in [2.24, 2.45) is 5.73 Å². The first-order chi connectivity index (χ1) is 7.59. The van der Waals surface area contributed by atoms with Gasteiger partial charge in [0.2, 0.25) is 0 Å². The zero-order valence-electron chi connectivity index (χ0n) is 8.31. The van der Waals surface area contributed by atoms with Crippen LogP contribution in [0.15, 0.2) is 22.7 Å². The summed E-state index contributed by atoms with van der Waals surface area (Å²) in [5.74, 6) is -0.440. The van der Waals surface area contributed by atoms with Gasteiger partial charge in [-0.15, -0.1) is 0 Å². The largest absolute Gasteiger partial charge is 0.326 e. The molecule has 1 aromatic rings. The van der Waals surface area contributed by atoms with Crippen molar-refractivity contribution in [3.05, 3.63) is 33.8 Å². The van der Waals surface area contributed by atoms with Crippen LogP contribution in [-0.2, 0) is 0 Å². The average Bonchev–Trinajstić information content (AvgIpc) is 2.89. The molecule has 2 aliphatic rings. The lowest BCUT2D eigenvalue weighted by Crippen LogP contribution is -2.35. The van der Waals surface area contributed by atoms with Gasteiger partial charge in [0, 0.05) is 10.5 Å². The Morgan fingerprint density at radius 2 is 1.88 bits per heavy atom. The number of hydrogen-bond acceptors (Lipinski definition) is 3. The molecule has 0 radical (unpaired) electrons. The minimum atomic E-state index is -0.223. The van der Waals surface area contributed by atoms with Gasteiger partial charge >= 0.3 is 0 Å². The molecule has 16 heavy (non-hydrogen) atoms. The first-order valence-corrected chi connectivity index (χ1v) is 5.82. The van der Waals surface area contributed by atoms with Crippen LogP contribution >= 0.6 is 15.9 Å². The lowest BCUT2D eigenvalue weighted by Gasteiger charge is -2.12. The van der Waals surface area contributed by atoms with Crippen molar-refractivity contribution < 1.29 is 9.59 Å². The van der Waals surface area contributed by atoms with E-state index in [-0.39, 0.29) is 23.9 Å². The molecule has 5 heteroatoms. The quantitative estimate of drug-likeness (QED) is 0.785. The highest BCUT2D eigenvalue weighted by Crippen LogP contribution is 2.34. The van der Waals surface area contributed by atoms with Crippen LogP contribution in [0.1, 0.15) is 27.1 Å². The summed E-state index contributed by atoms with van der Waals surface area (Å²) >= 11 is 3.29. The number of hydrogen-bond donors (Lipinski definition) is 1. The predicted octanol–water partition coefficient (Wildman–Crippen LogP) is 1.14. The molecule has 0 aromatic heterocycles. The van der Waals surface area contributed by atoms with Crippen LogP contribution in [-0.4, -0.2) is 28.8 Å². The molecule has 1 aromatic carbocycles. The molecule has 2 atom stereocenters. The fraction of sp³-hybridized carbons (Fsp3) is 0.273. The molecule has 1 aliphatic carbocycles. The molecule has 1 fully saturated rings. The summed E-state index contributed by atoms with van der Waals surface area (Å²) in [6.45, 7) is 0. The van der Waals surface area contributed by atoms with Crippen LogP contribution in [0.2, 0.25) is 0 Å². The maximum atomic E-state index is 12.0. The number of rotatable bonds is 1. The minimum Gasteiger partial charge on any atom is -0.326 e. The molecule has 2 N–H and O–H groups in total. The van der Waals surface area contributed by atoms with Crippen molar-refractivity contribution in [1.82, 2.24) is 4.90 Å². The summed E-state index contributed by atoms with van der Waals surface area (Å²) in [6, 6.07) is 4.97. The summed E-state index contributed by atoms with van der Waals surface area (Å²) in [5, 5.41) is 0. The fourth-order valence-electron chi connectivity index (χ4n) is 2.03. The monoisotopic (exact) mass is 280 g/mol. The SMILES string of the molecule is NC1CC1N1C(=O)c2ccc(Br)cc2C1=O. The van der Waals surface area contributed by atoms with E-state index in [1.165, 1.54) is 4.90 Å². The van der Waals surface area contributed by atoms with Gasteiger partial charge in [0.25, 0.3) is 11.8 Å². The van der Waals surface area contributed by atoms with Crippen LogP contribution in [0, 0.1) is 0 Å². The van der Waals surface area contributed by atoms with E-state index in [1.54, 1.807) is 18.2 Å². The standard InChI is InChI=1S/C11H9BrN2O2/c12-5-1-2-6-7(3-5)11(16)14(10(6)15)9-4-8(9)13/h1-3,8-9H,4,13H2. The van der Waals surface area contributed by atoms with Crippen LogP contribution < -0.4 is 5.73 Å². The van der Waals surface area contributed by atoms with Gasteiger partial charge in [0.15, 0.2) is 0 Å². The first kappa shape index (κ1) is 9.99. The summed E-state index contributed by atoms with van der Waals surface area (Å²) in [5.41, 5.74) is 6.63. The highest BCUT2D eigenvalue weighted by Gasteiger charge is 2.49. The number of halogens is 1. The molecule has 1 saturated carbocycles. The number of imide groups is 1. The van der Waals surface area contributed by atoms with E-state index in [0.29, 0.717) is 17.5 Å². The van der Waals surface area contributed by atoms with Gasteiger partial charge in [-0.2, -0.15) is 0 Å². The van der Waals surface area contributed by atoms with Crippen molar-refractivity contribution >= 4 is 27.7 Å². The van der Waals surface area contributed by atoms with E-state index in [0.717, 1.165) is 4.47 Å². The Morgan fingerprint density at radius 3 is 2.50 bits per heavy atom. The molecule has 2 amide bonds. The van der Waals surface area contributed by atoms with Crippen LogP contribution in [0.5, 0.6) is 0 Å². The number of nitrogens with zero attached hydrogens (tertiary/aromatic N) is 1. The molecule has 0 bridgehead atoms. The Labute approximate surface area is 101 Å². The van der Waals surface area contributed by atoms with Crippen LogP contribution in [0.4, 0.5) is 0 Å². The summed E-state index contributed by atoms with van der Waals surface area (Å²) in [6.07, 6.45) is 0.715. The van der Waals surface area contributed by atoms with E-state index in [4.69, 9.17) is 5.73 Å². The molecule has 1 aliphatic heterocycles.